The Bertz CT molecular complexity index is 1770. The third-order valence-electron chi connectivity index (χ3n) is 6.59. The molecule has 5 N–H and O–H groups in total. The molecule has 0 saturated carbocycles. The van der Waals surface area contributed by atoms with Crippen LogP contribution in [0.25, 0.3) is 11.4 Å². The Morgan fingerprint density at radius 2 is 1.14 bits per heavy atom. The number of aromatic carboxylic acids is 4. The van der Waals surface area contributed by atoms with Crippen LogP contribution in [0.4, 0.5) is 0 Å². The Hall–Kier alpha value is -5.75. The van der Waals surface area contributed by atoms with Gasteiger partial charge in [0.2, 0.25) is 0 Å². The molecule has 2 heterocycles. The SMILES string of the molecule is O=C1NC(c2ccc(Cl)cc2)=C2C(=O)N(Cc3cc(C(=O)O)cc(C(=O)O)c3)C(c3cc(C(=O)O)cc(C(=O)O)c3)=C12. The minimum Gasteiger partial charge on any atom is -0.478 e. The lowest BCUT2D eigenvalue weighted by atomic mass is 9.98. The number of hydrogen-bond donors (Lipinski definition) is 5. The van der Waals surface area contributed by atoms with Gasteiger partial charge in [0.25, 0.3) is 11.8 Å². The Morgan fingerprint density at radius 3 is 1.62 bits per heavy atom. The van der Waals surface area contributed by atoms with Crippen molar-refractivity contribution >= 4 is 58.7 Å². The van der Waals surface area contributed by atoms with Gasteiger partial charge in [-0.3, -0.25) is 9.59 Å². The van der Waals surface area contributed by atoms with Crippen LogP contribution in [0.2, 0.25) is 5.02 Å². The maximum Gasteiger partial charge on any atom is 0.335 e. The summed E-state index contributed by atoms with van der Waals surface area (Å²) in [6, 6.07) is 12.6. The van der Waals surface area contributed by atoms with Crippen LogP contribution in [0.15, 0.2) is 71.8 Å². The molecule has 0 unspecified atom stereocenters. The van der Waals surface area contributed by atoms with E-state index >= 15 is 0 Å². The zero-order valence-corrected chi connectivity index (χ0v) is 21.8. The summed E-state index contributed by atoms with van der Waals surface area (Å²) >= 11 is 5.99. The van der Waals surface area contributed by atoms with Crippen LogP contribution < -0.4 is 5.32 Å². The van der Waals surface area contributed by atoms with Gasteiger partial charge in [-0.15, -0.1) is 0 Å². The van der Waals surface area contributed by atoms with Crippen molar-refractivity contribution in [3.05, 3.63) is 116 Å². The molecule has 0 spiro atoms. The number of hydrogen-bond acceptors (Lipinski definition) is 6. The number of carbonyl (C=O) groups is 6. The van der Waals surface area contributed by atoms with E-state index < -0.39 is 53.4 Å². The Balaban J connectivity index is 1.77. The van der Waals surface area contributed by atoms with Crippen molar-refractivity contribution in [3.63, 3.8) is 0 Å². The first kappa shape index (κ1) is 27.8. The number of rotatable bonds is 8. The number of carboxylic acid groups (broad SMARTS) is 4. The Kier molecular flexibility index (Phi) is 6.84. The summed E-state index contributed by atoms with van der Waals surface area (Å²) < 4.78 is 0. The van der Waals surface area contributed by atoms with Crippen LogP contribution in [-0.2, 0) is 16.1 Å². The molecule has 0 saturated heterocycles. The van der Waals surface area contributed by atoms with Crippen LogP contribution >= 0.6 is 11.6 Å². The van der Waals surface area contributed by atoms with E-state index in [1.165, 1.54) is 12.1 Å². The maximum absolute atomic E-state index is 14.0. The number of benzene rings is 3. The van der Waals surface area contributed by atoms with Gasteiger partial charge >= 0.3 is 23.9 Å². The summed E-state index contributed by atoms with van der Waals surface area (Å²) in [5.41, 5.74) is -1.49. The van der Waals surface area contributed by atoms with Gasteiger partial charge in [0, 0.05) is 10.6 Å². The highest BCUT2D eigenvalue weighted by atomic mass is 35.5. The van der Waals surface area contributed by atoms with Crippen molar-refractivity contribution in [3.8, 4) is 0 Å². The van der Waals surface area contributed by atoms with Crippen LogP contribution in [-0.4, -0.2) is 61.0 Å². The fourth-order valence-electron chi connectivity index (χ4n) is 4.80. The fraction of sp³-hybridized carbons (Fsp3) is 0.0345. The van der Waals surface area contributed by atoms with E-state index in [2.05, 4.69) is 5.32 Å². The average molecular weight is 589 g/mol. The van der Waals surface area contributed by atoms with Crippen molar-refractivity contribution in [1.82, 2.24) is 10.2 Å². The third-order valence-corrected chi connectivity index (χ3v) is 6.84. The normalized spacial score (nSPS) is 14.3. The van der Waals surface area contributed by atoms with E-state index in [9.17, 15) is 49.2 Å². The second-order valence-electron chi connectivity index (χ2n) is 9.26. The summed E-state index contributed by atoms with van der Waals surface area (Å²) in [5.74, 6) is -7.25. The molecular formula is C29H17ClN2O10. The van der Waals surface area contributed by atoms with Crippen LogP contribution in [0.1, 0.15) is 58.1 Å². The molecule has 0 radical (unpaired) electrons. The molecule has 0 fully saturated rings. The van der Waals surface area contributed by atoms with Gasteiger partial charge in [-0.1, -0.05) is 23.7 Å². The average Bonchev–Trinajstić information content (AvgIpc) is 3.42. The first-order valence-electron chi connectivity index (χ1n) is 12.0. The van der Waals surface area contributed by atoms with E-state index in [4.69, 9.17) is 11.6 Å². The van der Waals surface area contributed by atoms with Crippen LogP contribution in [0.3, 0.4) is 0 Å². The zero-order chi connectivity index (χ0) is 30.5. The molecule has 2 amide bonds. The molecule has 3 aromatic rings. The van der Waals surface area contributed by atoms with E-state index in [1.54, 1.807) is 12.1 Å². The second kappa shape index (κ2) is 10.3. The summed E-state index contributed by atoms with van der Waals surface area (Å²) in [4.78, 5) is 75.4. The van der Waals surface area contributed by atoms with E-state index in [1.807, 2.05) is 0 Å². The lowest BCUT2D eigenvalue weighted by Gasteiger charge is -2.23. The first-order chi connectivity index (χ1) is 19.8. The van der Waals surface area contributed by atoms with Crippen molar-refractivity contribution in [1.29, 1.82) is 0 Å². The minimum atomic E-state index is -1.46. The van der Waals surface area contributed by atoms with Crippen molar-refractivity contribution in [2.75, 3.05) is 0 Å². The van der Waals surface area contributed by atoms with Crippen molar-refractivity contribution < 1.29 is 49.2 Å². The number of halogens is 1. The van der Waals surface area contributed by atoms with Crippen LogP contribution in [0.5, 0.6) is 0 Å². The molecule has 2 aliphatic heterocycles. The maximum atomic E-state index is 14.0. The molecule has 12 nitrogen and oxygen atoms in total. The highest BCUT2D eigenvalue weighted by Gasteiger charge is 2.45. The van der Waals surface area contributed by atoms with Gasteiger partial charge < -0.3 is 30.6 Å². The summed E-state index contributed by atoms with van der Waals surface area (Å²) in [5, 5.41) is 41.3. The standard InChI is InChI=1S/C29H17ClN2O10/c30-19-3-1-13(2-4-19)22-20-21(24(33)31-22)23(14-7-17(28(39)40)10-18(8-14)29(41)42)32(25(20)34)11-12-5-15(26(35)36)9-16(6-12)27(37)38/h1-10H,11H2,(H,31,33)(H,35,36)(H,37,38)(H,39,40)(H,41,42). The monoisotopic (exact) mass is 588 g/mol. The largest absolute Gasteiger partial charge is 0.478 e. The number of fused-ring (bicyclic) bond motifs is 1. The Morgan fingerprint density at radius 1 is 0.667 bits per heavy atom. The number of amides is 2. The van der Waals surface area contributed by atoms with Gasteiger partial charge in [-0.25, -0.2) is 19.2 Å². The molecule has 5 rings (SSSR count). The summed E-state index contributed by atoms with van der Waals surface area (Å²) in [6.45, 7) is -0.441. The summed E-state index contributed by atoms with van der Waals surface area (Å²) in [7, 11) is 0. The molecule has 0 aromatic heterocycles. The van der Waals surface area contributed by atoms with Gasteiger partial charge in [0.05, 0.1) is 51.3 Å². The van der Waals surface area contributed by atoms with E-state index in [0.29, 0.717) is 10.6 Å². The zero-order valence-electron chi connectivity index (χ0n) is 21.0. The number of carbonyl (C=O) groups excluding carboxylic acids is 2. The van der Waals surface area contributed by atoms with Crippen molar-refractivity contribution in [2.45, 2.75) is 6.54 Å². The minimum absolute atomic E-state index is 0.0700. The first-order valence-corrected chi connectivity index (χ1v) is 12.3. The quantitative estimate of drug-likeness (QED) is 0.260. The molecule has 3 aromatic carbocycles. The van der Waals surface area contributed by atoms with Crippen LogP contribution in [0, 0.1) is 0 Å². The van der Waals surface area contributed by atoms with Gasteiger partial charge in [-0.05, 0) is 59.7 Å². The lowest BCUT2D eigenvalue weighted by molar-refractivity contribution is -0.123. The predicted molar refractivity (Wildman–Crippen MR) is 145 cm³/mol. The highest BCUT2D eigenvalue weighted by molar-refractivity contribution is 6.31. The number of carboxylic acids is 4. The van der Waals surface area contributed by atoms with Gasteiger partial charge in [-0.2, -0.15) is 0 Å². The van der Waals surface area contributed by atoms with E-state index in [-0.39, 0.29) is 44.8 Å². The van der Waals surface area contributed by atoms with Crippen molar-refractivity contribution in [2.24, 2.45) is 0 Å². The van der Waals surface area contributed by atoms with Gasteiger partial charge in [0.15, 0.2) is 0 Å². The second-order valence-corrected chi connectivity index (χ2v) is 9.70. The molecule has 0 aliphatic carbocycles. The number of nitrogens with one attached hydrogen (secondary N) is 1. The van der Waals surface area contributed by atoms with Gasteiger partial charge in [0.1, 0.15) is 0 Å². The molecule has 0 atom stereocenters. The fourth-order valence-corrected chi connectivity index (χ4v) is 4.92. The topological polar surface area (TPSA) is 199 Å². The molecule has 0 bridgehead atoms. The summed E-state index contributed by atoms with van der Waals surface area (Å²) in [6.07, 6.45) is 0. The number of nitrogens with zero attached hydrogens (tertiary/aromatic N) is 1. The molecule has 13 heteroatoms. The molecule has 210 valence electrons. The smallest absolute Gasteiger partial charge is 0.335 e. The predicted octanol–water partition coefficient (Wildman–Crippen LogP) is 3.43. The third kappa shape index (κ3) is 4.86. The highest BCUT2D eigenvalue weighted by Crippen LogP contribution is 2.43. The van der Waals surface area contributed by atoms with E-state index in [0.717, 1.165) is 41.3 Å². The molecule has 42 heavy (non-hydrogen) atoms. The molecule has 2 aliphatic rings. The molecular weight excluding hydrogens is 572 g/mol. The Labute approximate surface area is 240 Å². The lowest BCUT2D eigenvalue weighted by Crippen LogP contribution is -2.27.